The maximum atomic E-state index is 13.3. The molecule has 0 atom stereocenters. The molecule has 1 N–H and O–H groups in total. The SMILES string of the molecule is Cc1ccc(-c2nnc(SCC(=O)Nc3ccc(F)c(Cl)c3)n2-c2ccc(Cl)cc2)cc1. The van der Waals surface area contributed by atoms with Crippen molar-refractivity contribution in [1.82, 2.24) is 14.8 Å². The van der Waals surface area contributed by atoms with Crippen molar-refractivity contribution < 1.29 is 9.18 Å². The molecule has 1 aromatic heterocycles. The van der Waals surface area contributed by atoms with Crippen LogP contribution in [0.4, 0.5) is 10.1 Å². The van der Waals surface area contributed by atoms with Crippen molar-refractivity contribution in [2.75, 3.05) is 11.1 Å². The lowest BCUT2D eigenvalue weighted by molar-refractivity contribution is -0.113. The molecule has 1 heterocycles. The number of rotatable bonds is 6. The topological polar surface area (TPSA) is 59.8 Å². The van der Waals surface area contributed by atoms with Gasteiger partial charge in [-0.05, 0) is 49.4 Å². The minimum atomic E-state index is -0.543. The van der Waals surface area contributed by atoms with Crippen molar-refractivity contribution >= 4 is 46.6 Å². The van der Waals surface area contributed by atoms with Crippen LogP contribution in [-0.2, 0) is 4.79 Å². The molecule has 0 saturated heterocycles. The quantitative estimate of drug-likeness (QED) is 0.319. The molecular weight excluding hydrogens is 470 g/mol. The van der Waals surface area contributed by atoms with Crippen LogP contribution in [0.25, 0.3) is 17.1 Å². The third-order valence-corrected chi connectivity index (χ3v) is 6.03. The second kappa shape index (κ2) is 9.73. The summed E-state index contributed by atoms with van der Waals surface area (Å²) in [5.74, 6) is -0.0891. The van der Waals surface area contributed by atoms with Crippen LogP contribution < -0.4 is 5.32 Å². The first-order chi connectivity index (χ1) is 15.4. The van der Waals surface area contributed by atoms with Gasteiger partial charge in [0.2, 0.25) is 5.91 Å². The number of hydrogen-bond acceptors (Lipinski definition) is 4. The van der Waals surface area contributed by atoms with Gasteiger partial charge in [-0.25, -0.2) is 4.39 Å². The number of aromatic nitrogens is 3. The normalized spacial score (nSPS) is 10.9. The molecule has 0 aliphatic carbocycles. The van der Waals surface area contributed by atoms with Crippen LogP contribution in [0.15, 0.2) is 71.9 Å². The summed E-state index contributed by atoms with van der Waals surface area (Å²) in [5, 5.41) is 12.5. The average molecular weight is 487 g/mol. The molecule has 0 saturated carbocycles. The van der Waals surface area contributed by atoms with Gasteiger partial charge in [-0.15, -0.1) is 10.2 Å². The van der Waals surface area contributed by atoms with Gasteiger partial charge in [-0.2, -0.15) is 0 Å². The monoisotopic (exact) mass is 486 g/mol. The third kappa shape index (κ3) is 5.12. The number of carbonyl (C=O) groups excluding carboxylic acids is 1. The van der Waals surface area contributed by atoms with Crippen molar-refractivity contribution in [1.29, 1.82) is 0 Å². The van der Waals surface area contributed by atoms with E-state index in [9.17, 15) is 9.18 Å². The largest absolute Gasteiger partial charge is 0.325 e. The van der Waals surface area contributed by atoms with Crippen LogP contribution in [0.3, 0.4) is 0 Å². The summed E-state index contributed by atoms with van der Waals surface area (Å²) in [7, 11) is 0. The fourth-order valence-electron chi connectivity index (χ4n) is 2.98. The first-order valence-electron chi connectivity index (χ1n) is 9.57. The lowest BCUT2D eigenvalue weighted by Crippen LogP contribution is -2.14. The Bertz CT molecular complexity index is 1260. The maximum Gasteiger partial charge on any atom is 0.234 e. The van der Waals surface area contributed by atoms with Gasteiger partial charge in [0.25, 0.3) is 0 Å². The van der Waals surface area contributed by atoms with E-state index in [-0.39, 0.29) is 16.7 Å². The molecule has 5 nitrogen and oxygen atoms in total. The van der Waals surface area contributed by atoms with Crippen LogP contribution in [-0.4, -0.2) is 26.4 Å². The van der Waals surface area contributed by atoms with Gasteiger partial charge < -0.3 is 5.32 Å². The van der Waals surface area contributed by atoms with Gasteiger partial charge in [-0.1, -0.05) is 64.8 Å². The van der Waals surface area contributed by atoms with E-state index in [4.69, 9.17) is 23.2 Å². The summed E-state index contributed by atoms with van der Waals surface area (Å²) in [6.07, 6.45) is 0. The van der Waals surface area contributed by atoms with Crippen LogP contribution >= 0.6 is 35.0 Å². The molecule has 1 amide bonds. The Morgan fingerprint density at radius 2 is 1.75 bits per heavy atom. The number of benzene rings is 3. The van der Waals surface area contributed by atoms with Crippen molar-refractivity contribution in [2.45, 2.75) is 12.1 Å². The molecule has 0 bridgehead atoms. The van der Waals surface area contributed by atoms with Gasteiger partial charge in [-0.3, -0.25) is 9.36 Å². The minimum absolute atomic E-state index is 0.0549. The zero-order valence-corrected chi connectivity index (χ0v) is 19.2. The zero-order valence-electron chi connectivity index (χ0n) is 16.8. The van der Waals surface area contributed by atoms with E-state index in [1.54, 1.807) is 12.1 Å². The van der Waals surface area contributed by atoms with Crippen LogP contribution in [0.5, 0.6) is 0 Å². The second-order valence-electron chi connectivity index (χ2n) is 6.95. The highest BCUT2D eigenvalue weighted by atomic mass is 35.5. The fourth-order valence-corrected chi connectivity index (χ4v) is 4.04. The Morgan fingerprint density at radius 3 is 2.44 bits per heavy atom. The standard InChI is InChI=1S/C23H17Cl2FN4OS/c1-14-2-4-15(5-3-14)22-28-29-23(30(22)18-9-6-16(24)7-10-18)32-13-21(31)27-17-8-11-20(26)19(25)12-17/h2-12H,13H2,1H3,(H,27,31). The van der Waals surface area contributed by atoms with Gasteiger partial charge in [0, 0.05) is 22.0 Å². The molecule has 9 heteroatoms. The zero-order chi connectivity index (χ0) is 22.7. The average Bonchev–Trinajstić information content (AvgIpc) is 3.20. The number of nitrogens with zero attached hydrogens (tertiary/aromatic N) is 3. The minimum Gasteiger partial charge on any atom is -0.325 e. The van der Waals surface area contributed by atoms with Gasteiger partial charge in [0.05, 0.1) is 10.8 Å². The number of hydrogen-bond donors (Lipinski definition) is 1. The summed E-state index contributed by atoms with van der Waals surface area (Å²) < 4.78 is 15.2. The van der Waals surface area contributed by atoms with E-state index in [0.29, 0.717) is 21.7 Å². The number of aryl methyl sites for hydroxylation is 1. The highest BCUT2D eigenvalue weighted by Gasteiger charge is 2.17. The summed E-state index contributed by atoms with van der Waals surface area (Å²) in [4.78, 5) is 12.4. The number of amides is 1. The van der Waals surface area contributed by atoms with Crippen LogP contribution in [0, 0.1) is 12.7 Å². The molecule has 3 aromatic carbocycles. The lowest BCUT2D eigenvalue weighted by atomic mass is 10.1. The van der Waals surface area contributed by atoms with Gasteiger partial charge in [0.1, 0.15) is 5.82 Å². The highest BCUT2D eigenvalue weighted by Crippen LogP contribution is 2.29. The van der Waals surface area contributed by atoms with Gasteiger partial charge in [0.15, 0.2) is 11.0 Å². The second-order valence-corrected chi connectivity index (χ2v) is 8.74. The summed E-state index contributed by atoms with van der Waals surface area (Å²) in [6.45, 7) is 2.02. The third-order valence-electron chi connectivity index (χ3n) is 4.56. The van der Waals surface area contributed by atoms with Crippen molar-refractivity contribution in [3.05, 3.63) is 88.2 Å². The van der Waals surface area contributed by atoms with Crippen LogP contribution in [0.1, 0.15) is 5.56 Å². The molecule has 0 radical (unpaired) electrons. The number of thioether (sulfide) groups is 1. The molecule has 0 spiro atoms. The number of halogens is 3. The number of nitrogens with one attached hydrogen (secondary N) is 1. The smallest absolute Gasteiger partial charge is 0.234 e. The van der Waals surface area contributed by atoms with E-state index in [1.165, 1.54) is 30.0 Å². The Hall–Kier alpha value is -2.87. The Labute approximate surface area is 198 Å². The molecule has 0 aliphatic rings. The van der Waals surface area contributed by atoms with E-state index in [0.717, 1.165) is 16.8 Å². The Kier molecular flexibility index (Phi) is 6.79. The van der Waals surface area contributed by atoms with E-state index in [1.807, 2.05) is 47.9 Å². The Balaban J connectivity index is 1.59. The fraction of sp³-hybridized carbons (Fsp3) is 0.0870. The Morgan fingerprint density at radius 1 is 1.03 bits per heavy atom. The molecule has 0 aliphatic heterocycles. The predicted octanol–water partition coefficient (Wildman–Crippen LogP) is 6.42. The first-order valence-corrected chi connectivity index (χ1v) is 11.3. The van der Waals surface area contributed by atoms with Gasteiger partial charge >= 0.3 is 0 Å². The molecule has 0 unspecified atom stereocenters. The highest BCUT2D eigenvalue weighted by molar-refractivity contribution is 7.99. The molecular formula is C23H17Cl2FN4OS. The van der Waals surface area contributed by atoms with E-state index in [2.05, 4.69) is 15.5 Å². The first kappa shape index (κ1) is 22.3. The van der Waals surface area contributed by atoms with E-state index >= 15 is 0 Å². The van der Waals surface area contributed by atoms with E-state index < -0.39 is 5.82 Å². The summed E-state index contributed by atoms with van der Waals surface area (Å²) in [6, 6.07) is 19.3. The molecule has 4 rings (SSSR count). The predicted molar refractivity (Wildman–Crippen MR) is 127 cm³/mol. The molecule has 162 valence electrons. The molecule has 4 aromatic rings. The number of anilines is 1. The maximum absolute atomic E-state index is 13.3. The lowest BCUT2D eigenvalue weighted by Gasteiger charge is -2.11. The van der Waals surface area contributed by atoms with Crippen LogP contribution in [0.2, 0.25) is 10.0 Å². The molecule has 32 heavy (non-hydrogen) atoms. The molecule has 0 fully saturated rings. The summed E-state index contributed by atoms with van der Waals surface area (Å²) in [5.41, 5.74) is 3.28. The van der Waals surface area contributed by atoms with Crippen molar-refractivity contribution in [3.8, 4) is 17.1 Å². The van der Waals surface area contributed by atoms with Crippen molar-refractivity contribution in [3.63, 3.8) is 0 Å². The van der Waals surface area contributed by atoms with Crippen molar-refractivity contribution in [2.24, 2.45) is 0 Å². The number of carbonyl (C=O) groups is 1. The summed E-state index contributed by atoms with van der Waals surface area (Å²) >= 11 is 13.1.